The topological polar surface area (TPSA) is 80.5 Å². The molecule has 160 valence electrons. The van der Waals surface area contributed by atoms with Crippen molar-refractivity contribution in [1.29, 1.82) is 0 Å². The molecule has 1 heterocycles. The number of aryl methyl sites for hydroxylation is 2. The zero-order chi connectivity index (χ0) is 20.4. The average molecular weight is 513 g/mol. The van der Waals surface area contributed by atoms with Gasteiger partial charge in [-0.3, -0.25) is 4.79 Å². The molecule has 1 aromatic heterocycles. The lowest BCUT2D eigenvalue weighted by Crippen LogP contribution is -2.37. The van der Waals surface area contributed by atoms with Crippen LogP contribution in [0.4, 0.5) is 0 Å². The molecule has 0 atom stereocenters. The standard InChI is InChI=1S/C21H31N5O2.HI/c1-5-22-21(23-13-9-8-12-20(27)28-4)24-15-18-10-6-7-11-19(18)26-17(3)14-16(2)25-26;/h6-7,10-11,14H,5,8-9,12-13,15H2,1-4H3,(H2,22,23,24);1H. The van der Waals surface area contributed by atoms with Crippen molar-refractivity contribution in [2.45, 2.75) is 46.6 Å². The zero-order valence-electron chi connectivity index (χ0n) is 17.7. The number of para-hydroxylation sites is 1. The Morgan fingerprint density at radius 3 is 2.62 bits per heavy atom. The molecule has 0 bridgehead atoms. The Morgan fingerprint density at radius 2 is 1.97 bits per heavy atom. The number of hydrogen-bond acceptors (Lipinski definition) is 4. The lowest BCUT2D eigenvalue weighted by molar-refractivity contribution is -0.140. The van der Waals surface area contributed by atoms with Crippen LogP contribution in [0.1, 0.15) is 43.1 Å². The second-order valence-electron chi connectivity index (χ2n) is 6.62. The van der Waals surface area contributed by atoms with E-state index < -0.39 is 0 Å². The van der Waals surface area contributed by atoms with E-state index in [1.165, 1.54) is 7.11 Å². The molecule has 2 aromatic rings. The number of aliphatic imine (C=N–C) groups is 1. The molecule has 0 amide bonds. The number of benzene rings is 1. The van der Waals surface area contributed by atoms with E-state index in [9.17, 15) is 4.79 Å². The van der Waals surface area contributed by atoms with Crippen molar-refractivity contribution in [1.82, 2.24) is 20.4 Å². The Morgan fingerprint density at radius 1 is 1.21 bits per heavy atom. The highest BCUT2D eigenvalue weighted by Crippen LogP contribution is 2.17. The zero-order valence-corrected chi connectivity index (χ0v) is 20.0. The van der Waals surface area contributed by atoms with E-state index in [0.717, 1.165) is 54.5 Å². The Bertz CT molecular complexity index is 804. The van der Waals surface area contributed by atoms with Crippen LogP contribution in [0.2, 0.25) is 0 Å². The second kappa shape index (κ2) is 13.2. The smallest absolute Gasteiger partial charge is 0.305 e. The predicted octanol–water partition coefficient (Wildman–Crippen LogP) is 3.51. The summed E-state index contributed by atoms with van der Waals surface area (Å²) in [5, 5.41) is 11.2. The number of aromatic nitrogens is 2. The summed E-state index contributed by atoms with van der Waals surface area (Å²) in [5.41, 5.74) is 4.25. The SMILES string of the molecule is CCNC(=NCc1ccccc1-n1nc(C)cc1C)NCCCCC(=O)OC.I. The number of esters is 1. The summed E-state index contributed by atoms with van der Waals surface area (Å²) in [6, 6.07) is 10.3. The summed E-state index contributed by atoms with van der Waals surface area (Å²) < 4.78 is 6.62. The molecular formula is C21H32IN5O2. The molecule has 29 heavy (non-hydrogen) atoms. The molecule has 1 aromatic carbocycles. The van der Waals surface area contributed by atoms with E-state index >= 15 is 0 Å². The number of guanidine groups is 1. The maximum Gasteiger partial charge on any atom is 0.305 e. The maximum atomic E-state index is 11.2. The first-order valence-corrected chi connectivity index (χ1v) is 9.75. The molecule has 0 spiro atoms. The van der Waals surface area contributed by atoms with Gasteiger partial charge in [0.2, 0.25) is 0 Å². The van der Waals surface area contributed by atoms with Crippen molar-refractivity contribution in [3.05, 3.63) is 47.3 Å². The van der Waals surface area contributed by atoms with Crippen molar-refractivity contribution in [2.75, 3.05) is 20.2 Å². The molecule has 0 aliphatic rings. The van der Waals surface area contributed by atoms with Crippen LogP contribution in [-0.2, 0) is 16.1 Å². The number of rotatable bonds is 9. The molecule has 0 aliphatic heterocycles. The minimum atomic E-state index is -0.165. The number of carbonyl (C=O) groups excluding carboxylic acids is 1. The molecule has 2 N–H and O–H groups in total. The van der Waals surface area contributed by atoms with Crippen LogP contribution in [0.5, 0.6) is 0 Å². The molecule has 0 saturated heterocycles. The van der Waals surface area contributed by atoms with Crippen LogP contribution >= 0.6 is 24.0 Å². The Labute approximate surface area is 190 Å². The van der Waals surface area contributed by atoms with Gasteiger partial charge >= 0.3 is 5.97 Å². The summed E-state index contributed by atoms with van der Waals surface area (Å²) in [4.78, 5) is 15.9. The molecule has 2 rings (SSSR count). The fourth-order valence-electron chi connectivity index (χ4n) is 2.93. The number of methoxy groups -OCH3 is 1. The third kappa shape index (κ3) is 8.04. The van der Waals surface area contributed by atoms with E-state index in [-0.39, 0.29) is 29.9 Å². The van der Waals surface area contributed by atoms with Gasteiger partial charge < -0.3 is 15.4 Å². The van der Waals surface area contributed by atoms with Crippen molar-refractivity contribution in [2.24, 2.45) is 4.99 Å². The quantitative estimate of drug-likeness (QED) is 0.176. The van der Waals surface area contributed by atoms with E-state index in [2.05, 4.69) is 45.6 Å². The lowest BCUT2D eigenvalue weighted by Gasteiger charge is -2.13. The monoisotopic (exact) mass is 513 g/mol. The molecule has 0 saturated carbocycles. The summed E-state index contributed by atoms with van der Waals surface area (Å²) in [6.45, 7) is 8.18. The van der Waals surface area contributed by atoms with Gasteiger partial charge in [-0.1, -0.05) is 18.2 Å². The molecule has 0 radical (unpaired) electrons. The van der Waals surface area contributed by atoms with Gasteiger partial charge in [-0.25, -0.2) is 9.67 Å². The number of halogens is 1. The van der Waals surface area contributed by atoms with E-state index in [0.29, 0.717) is 13.0 Å². The first-order chi connectivity index (χ1) is 13.5. The minimum absolute atomic E-state index is 0. The van der Waals surface area contributed by atoms with Crippen molar-refractivity contribution < 1.29 is 9.53 Å². The van der Waals surface area contributed by atoms with Gasteiger partial charge in [0.25, 0.3) is 0 Å². The predicted molar refractivity (Wildman–Crippen MR) is 127 cm³/mol. The minimum Gasteiger partial charge on any atom is -0.469 e. The van der Waals surface area contributed by atoms with Crippen molar-refractivity contribution >= 4 is 35.9 Å². The summed E-state index contributed by atoms with van der Waals surface area (Å²) in [5.74, 6) is 0.602. The highest BCUT2D eigenvalue weighted by Gasteiger charge is 2.08. The molecular weight excluding hydrogens is 481 g/mol. The van der Waals surface area contributed by atoms with Crippen LogP contribution in [-0.4, -0.2) is 41.9 Å². The van der Waals surface area contributed by atoms with Crippen LogP contribution in [0.25, 0.3) is 5.69 Å². The van der Waals surface area contributed by atoms with Crippen LogP contribution in [0, 0.1) is 13.8 Å². The third-order valence-corrected chi connectivity index (χ3v) is 4.31. The molecule has 0 unspecified atom stereocenters. The molecule has 0 aliphatic carbocycles. The second-order valence-corrected chi connectivity index (χ2v) is 6.62. The lowest BCUT2D eigenvalue weighted by atomic mass is 10.2. The molecule has 8 heteroatoms. The first-order valence-electron chi connectivity index (χ1n) is 9.75. The van der Waals surface area contributed by atoms with Gasteiger partial charge in [-0.2, -0.15) is 5.10 Å². The largest absolute Gasteiger partial charge is 0.469 e. The van der Waals surface area contributed by atoms with E-state index in [1.54, 1.807) is 0 Å². The molecule has 7 nitrogen and oxygen atoms in total. The van der Waals surface area contributed by atoms with Gasteiger partial charge in [-0.15, -0.1) is 24.0 Å². The number of nitrogens with zero attached hydrogens (tertiary/aromatic N) is 3. The summed E-state index contributed by atoms with van der Waals surface area (Å²) >= 11 is 0. The number of unbranched alkanes of at least 4 members (excludes halogenated alkanes) is 1. The maximum absolute atomic E-state index is 11.2. The first kappa shape index (κ1) is 24.9. The van der Waals surface area contributed by atoms with Crippen LogP contribution < -0.4 is 10.6 Å². The fourth-order valence-corrected chi connectivity index (χ4v) is 2.93. The van der Waals surface area contributed by atoms with Gasteiger partial charge in [0.15, 0.2) is 5.96 Å². The molecule has 0 fully saturated rings. The summed E-state index contributed by atoms with van der Waals surface area (Å²) in [6.07, 6.45) is 2.11. The third-order valence-electron chi connectivity index (χ3n) is 4.31. The number of ether oxygens (including phenoxy) is 1. The van der Waals surface area contributed by atoms with Gasteiger partial charge in [0, 0.05) is 25.2 Å². The van der Waals surface area contributed by atoms with Crippen molar-refractivity contribution in [3.63, 3.8) is 0 Å². The highest BCUT2D eigenvalue weighted by atomic mass is 127. The van der Waals surface area contributed by atoms with Crippen molar-refractivity contribution in [3.8, 4) is 5.69 Å². The van der Waals surface area contributed by atoms with Gasteiger partial charge in [0.05, 0.1) is 25.0 Å². The van der Waals surface area contributed by atoms with E-state index in [4.69, 9.17) is 4.99 Å². The number of hydrogen-bond donors (Lipinski definition) is 2. The van der Waals surface area contributed by atoms with Gasteiger partial charge in [-0.05, 0) is 51.3 Å². The van der Waals surface area contributed by atoms with Gasteiger partial charge in [0.1, 0.15) is 0 Å². The Hall–Kier alpha value is -2.10. The number of nitrogens with one attached hydrogen (secondary N) is 2. The Kier molecular flexibility index (Phi) is 11.3. The number of carbonyl (C=O) groups is 1. The summed E-state index contributed by atoms with van der Waals surface area (Å²) in [7, 11) is 1.42. The normalized spacial score (nSPS) is 11.0. The fraction of sp³-hybridized carbons (Fsp3) is 0.476. The van der Waals surface area contributed by atoms with E-state index in [1.807, 2.05) is 30.7 Å². The average Bonchev–Trinajstić information content (AvgIpc) is 3.03. The Balaban J connectivity index is 0.00000420. The highest BCUT2D eigenvalue weighted by molar-refractivity contribution is 14.0. The van der Waals surface area contributed by atoms with Crippen LogP contribution in [0.3, 0.4) is 0 Å². The van der Waals surface area contributed by atoms with Crippen LogP contribution in [0.15, 0.2) is 35.3 Å².